The minimum atomic E-state index is 0.150. The molecule has 76 valence electrons. The summed E-state index contributed by atoms with van der Waals surface area (Å²) in [5.41, 5.74) is 2.03. The van der Waals surface area contributed by atoms with E-state index in [-0.39, 0.29) is 5.78 Å². The van der Waals surface area contributed by atoms with E-state index in [1.54, 1.807) is 14.0 Å². The highest BCUT2D eigenvalue weighted by molar-refractivity contribution is 9.10. The Labute approximate surface area is 92.4 Å². The van der Waals surface area contributed by atoms with Crippen LogP contribution in [0, 0.1) is 6.92 Å². The van der Waals surface area contributed by atoms with Crippen LogP contribution in [-0.4, -0.2) is 12.9 Å². The van der Waals surface area contributed by atoms with Crippen LogP contribution in [0.2, 0.25) is 0 Å². The number of carbonyl (C=O) groups is 1. The molecule has 0 unspecified atom stereocenters. The standard InChI is InChI=1S/C11H13BrO2/c1-7-4-5-9(6-8(2)13)10(12)11(7)14-3/h4-5H,6H2,1-3H3. The zero-order valence-corrected chi connectivity index (χ0v) is 10.1. The number of methoxy groups -OCH3 is 1. The van der Waals surface area contributed by atoms with E-state index in [2.05, 4.69) is 15.9 Å². The highest BCUT2D eigenvalue weighted by Crippen LogP contribution is 2.32. The molecule has 0 aliphatic rings. The Morgan fingerprint density at radius 3 is 2.64 bits per heavy atom. The number of hydrogen-bond acceptors (Lipinski definition) is 2. The maximum absolute atomic E-state index is 11.0. The number of aryl methyl sites for hydroxylation is 1. The van der Waals surface area contributed by atoms with Crippen molar-refractivity contribution in [2.24, 2.45) is 0 Å². The molecule has 0 atom stereocenters. The van der Waals surface area contributed by atoms with Crippen LogP contribution in [0.1, 0.15) is 18.1 Å². The van der Waals surface area contributed by atoms with Gasteiger partial charge in [-0.3, -0.25) is 4.79 Å². The third-order valence-corrected chi connectivity index (χ3v) is 2.89. The Morgan fingerprint density at radius 2 is 2.14 bits per heavy atom. The van der Waals surface area contributed by atoms with Crippen molar-refractivity contribution in [3.8, 4) is 5.75 Å². The van der Waals surface area contributed by atoms with Gasteiger partial charge in [-0.25, -0.2) is 0 Å². The van der Waals surface area contributed by atoms with Gasteiger partial charge in [-0.05, 0) is 40.9 Å². The van der Waals surface area contributed by atoms with Gasteiger partial charge in [0.25, 0.3) is 0 Å². The van der Waals surface area contributed by atoms with E-state index in [1.807, 2.05) is 19.1 Å². The van der Waals surface area contributed by atoms with Gasteiger partial charge in [-0.1, -0.05) is 12.1 Å². The second kappa shape index (κ2) is 4.60. The summed E-state index contributed by atoms with van der Waals surface area (Å²) >= 11 is 3.44. The molecule has 0 aromatic heterocycles. The van der Waals surface area contributed by atoms with E-state index < -0.39 is 0 Å². The Hall–Kier alpha value is -0.830. The van der Waals surface area contributed by atoms with Crippen LogP contribution in [0.25, 0.3) is 0 Å². The molecule has 0 spiro atoms. The molecule has 1 rings (SSSR count). The van der Waals surface area contributed by atoms with E-state index >= 15 is 0 Å². The zero-order chi connectivity index (χ0) is 10.7. The normalized spacial score (nSPS) is 10.0. The average Bonchev–Trinajstić information content (AvgIpc) is 2.10. The van der Waals surface area contributed by atoms with Crippen LogP contribution >= 0.6 is 15.9 Å². The van der Waals surface area contributed by atoms with Gasteiger partial charge in [0.15, 0.2) is 0 Å². The topological polar surface area (TPSA) is 26.3 Å². The highest BCUT2D eigenvalue weighted by atomic mass is 79.9. The molecular formula is C11H13BrO2. The summed E-state index contributed by atoms with van der Waals surface area (Å²) in [6.07, 6.45) is 0.442. The lowest BCUT2D eigenvalue weighted by Gasteiger charge is -2.10. The van der Waals surface area contributed by atoms with Crippen molar-refractivity contribution in [3.63, 3.8) is 0 Å². The van der Waals surface area contributed by atoms with Gasteiger partial charge in [-0.2, -0.15) is 0 Å². The van der Waals surface area contributed by atoms with Gasteiger partial charge < -0.3 is 4.74 Å². The number of carbonyl (C=O) groups excluding carboxylic acids is 1. The summed E-state index contributed by atoms with van der Waals surface area (Å²) in [6, 6.07) is 3.91. The molecule has 0 saturated heterocycles. The van der Waals surface area contributed by atoms with Crippen molar-refractivity contribution in [1.29, 1.82) is 0 Å². The van der Waals surface area contributed by atoms with Crippen LogP contribution in [0.5, 0.6) is 5.75 Å². The summed E-state index contributed by atoms with van der Waals surface area (Å²) in [6.45, 7) is 3.56. The molecule has 3 heteroatoms. The largest absolute Gasteiger partial charge is 0.495 e. The van der Waals surface area contributed by atoms with Gasteiger partial charge in [0.05, 0.1) is 11.6 Å². The van der Waals surface area contributed by atoms with E-state index in [0.717, 1.165) is 21.3 Å². The first-order chi connectivity index (χ1) is 6.56. The lowest BCUT2D eigenvalue weighted by atomic mass is 10.1. The Bertz CT molecular complexity index is 359. The number of Topliss-reactive ketones (excluding diaryl/α,β-unsaturated/α-hetero) is 1. The predicted molar refractivity (Wildman–Crippen MR) is 59.8 cm³/mol. The van der Waals surface area contributed by atoms with Crippen LogP contribution in [0.15, 0.2) is 16.6 Å². The first-order valence-corrected chi connectivity index (χ1v) is 5.17. The maximum atomic E-state index is 11.0. The molecule has 0 radical (unpaired) electrons. The molecule has 0 heterocycles. The number of hydrogen-bond donors (Lipinski definition) is 0. The number of ketones is 1. The summed E-state index contributed by atoms with van der Waals surface area (Å²) in [5, 5.41) is 0. The van der Waals surface area contributed by atoms with Gasteiger partial charge in [0.1, 0.15) is 11.5 Å². The SMILES string of the molecule is COc1c(C)ccc(CC(C)=O)c1Br. The lowest BCUT2D eigenvalue weighted by Crippen LogP contribution is -1.99. The molecule has 0 fully saturated rings. The van der Waals surface area contributed by atoms with Crippen molar-refractivity contribution in [3.05, 3.63) is 27.7 Å². The monoisotopic (exact) mass is 256 g/mol. The van der Waals surface area contributed by atoms with Gasteiger partial charge in [0, 0.05) is 6.42 Å². The molecule has 1 aromatic rings. The molecule has 14 heavy (non-hydrogen) atoms. The molecule has 0 aliphatic heterocycles. The number of halogens is 1. The van der Waals surface area contributed by atoms with Crippen molar-refractivity contribution < 1.29 is 9.53 Å². The molecule has 2 nitrogen and oxygen atoms in total. The molecule has 1 aromatic carbocycles. The first-order valence-electron chi connectivity index (χ1n) is 4.37. The van der Waals surface area contributed by atoms with Gasteiger partial charge in [0.2, 0.25) is 0 Å². The molecule has 0 aliphatic carbocycles. The van der Waals surface area contributed by atoms with Gasteiger partial charge >= 0.3 is 0 Å². The average molecular weight is 257 g/mol. The summed E-state index contributed by atoms with van der Waals surface area (Å²) < 4.78 is 6.12. The number of ether oxygens (including phenoxy) is 1. The minimum Gasteiger partial charge on any atom is -0.495 e. The van der Waals surface area contributed by atoms with Crippen LogP contribution in [0.3, 0.4) is 0 Å². The Morgan fingerprint density at radius 1 is 1.50 bits per heavy atom. The molecular weight excluding hydrogens is 244 g/mol. The van der Waals surface area contributed by atoms with Gasteiger partial charge in [-0.15, -0.1) is 0 Å². The maximum Gasteiger partial charge on any atom is 0.136 e. The Balaban J connectivity index is 3.14. The van der Waals surface area contributed by atoms with Crippen molar-refractivity contribution in [2.75, 3.05) is 7.11 Å². The summed E-state index contributed by atoms with van der Waals surface area (Å²) in [4.78, 5) is 11.0. The smallest absolute Gasteiger partial charge is 0.136 e. The summed E-state index contributed by atoms with van der Waals surface area (Å²) in [7, 11) is 1.63. The van der Waals surface area contributed by atoms with Crippen molar-refractivity contribution in [1.82, 2.24) is 0 Å². The molecule has 0 bridgehead atoms. The van der Waals surface area contributed by atoms with E-state index in [0.29, 0.717) is 6.42 Å². The van der Waals surface area contributed by atoms with Crippen LogP contribution < -0.4 is 4.74 Å². The third-order valence-electron chi connectivity index (χ3n) is 2.02. The van der Waals surface area contributed by atoms with E-state index in [1.165, 1.54) is 0 Å². The minimum absolute atomic E-state index is 0.150. The fourth-order valence-electron chi connectivity index (χ4n) is 1.35. The fraction of sp³-hybridized carbons (Fsp3) is 0.364. The fourth-order valence-corrected chi connectivity index (χ4v) is 2.10. The number of rotatable bonds is 3. The lowest BCUT2D eigenvalue weighted by molar-refractivity contribution is -0.116. The number of benzene rings is 1. The second-order valence-corrected chi connectivity index (χ2v) is 4.06. The zero-order valence-electron chi connectivity index (χ0n) is 8.56. The quantitative estimate of drug-likeness (QED) is 0.832. The second-order valence-electron chi connectivity index (χ2n) is 3.27. The third kappa shape index (κ3) is 2.35. The van der Waals surface area contributed by atoms with Crippen LogP contribution in [0.4, 0.5) is 0 Å². The predicted octanol–water partition coefficient (Wildman–Crippen LogP) is 2.90. The highest BCUT2D eigenvalue weighted by Gasteiger charge is 2.10. The molecule has 0 amide bonds. The van der Waals surface area contributed by atoms with E-state index in [4.69, 9.17) is 4.74 Å². The van der Waals surface area contributed by atoms with Crippen LogP contribution in [-0.2, 0) is 11.2 Å². The Kier molecular flexibility index (Phi) is 3.69. The van der Waals surface area contributed by atoms with E-state index in [9.17, 15) is 4.79 Å². The van der Waals surface area contributed by atoms with Crippen molar-refractivity contribution in [2.45, 2.75) is 20.3 Å². The summed E-state index contributed by atoms with van der Waals surface area (Å²) in [5.74, 6) is 0.959. The van der Waals surface area contributed by atoms with Crippen molar-refractivity contribution >= 4 is 21.7 Å². The molecule has 0 saturated carbocycles. The molecule has 0 N–H and O–H groups in total. The first kappa shape index (κ1) is 11.2.